The van der Waals surface area contributed by atoms with E-state index in [0.29, 0.717) is 37.7 Å². The minimum atomic E-state index is -0.156. The van der Waals surface area contributed by atoms with Crippen molar-refractivity contribution in [3.8, 4) is 0 Å². The lowest BCUT2D eigenvalue weighted by Gasteiger charge is -2.32. The van der Waals surface area contributed by atoms with Crippen LogP contribution in [0.4, 0.5) is 11.5 Å². The SMILES string of the molecule is CCc1ccc(Nc2cnc(C(=O)N3CCN(C=O)CC3)cn2)cc1. The molecule has 2 heterocycles. The number of aromatic nitrogens is 2. The van der Waals surface area contributed by atoms with E-state index in [0.717, 1.165) is 18.5 Å². The Morgan fingerprint density at radius 3 is 2.40 bits per heavy atom. The molecule has 0 atom stereocenters. The Morgan fingerprint density at radius 1 is 1.12 bits per heavy atom. The molecule has 0 spiro atoms. The van der Waals surface area contributed by atoms with E-state index in [2.05, 4.69) is 34.3 Å². The number of hydrogen-bond donors (Lipinski definition) is 1. The molecule has 7 heteroatoms. The van der Waals surface area contributed by atoms with Gasteiger partial charge in [-0.1, -0.05) is 19.1 Å². The van der Waals surface area contributed by atoms with Crippen LogP contribution < -0.4 is 5.32 Å². The molecule has 0 bridgehead atoms. The van der Waals surface area contributed by atoms with Crippen LogP contribution in [0, 0.1) is 0 Å². The summed E-state index contributed by atoms with van der Waals surface area (Å²) in [5, 5.41) is 3.17. The number of nitrogens with one attached hydrogen (secondary N) is 1. The number of amides is 2. The maximum Gasteiger partial charge on any atom is 0.274 e. The Hall–Kier alpha value is -2.96. The fraction of sp³-hybridized carbons (Fsp3) is 0.333. The van der Waals surface area contributed by atoms with Crippen molar-refractivity contribution in [2.24, 2.45) is 0 Å². The minimum Gasteiger partial charge on any atom is -0.342 e. The van der Waals surface area contributed by atoms with Crippen LogP contribution in [-0.4, -0.2) is 58.3 Å². The molecule has 0 unspecified atom stereocenters. The Bertz CT molecular complexity index is 722. The van der Waals surface area contributed by atoms with Crippen LogP contribution in [0.3, 0.4) is 0 Å². The van der Waals surface area contributed by atoms with Gasteiger partial charge >= 0.3 is 0 Å². The maximum atomic E-state index is 12.4. The molecule has 0 radical (unpaired) electrons. The van der Waals surface area contributed by atoms with Gasteiger partial charge in [0.25, 0.3) is 5.91 Å². The summed E-state index contributed by atoms with van der Waals surface area (Å²) in [6, 6.07) is 8.11. The number of anilines is 2. The highest BCUT2D eigenvalue weighted by molar-refractivity contribution is 5.92. The minimum absolute atomic E-state index is 0.156. The van der Waals surface area contributed by atoms with Crippen LogP contribution in [0.5, 0.6) is 0 Å². The van der Waals surface area contributed by atoms with E-state index >= 15 is 0 Å². The highest BCUT2D eigenvalue weighted by Gasteiger charge is 2.22. The summed E-state index contributed by atoms with van der Waals surface area (Å²) in [5.74, 6) is 0.434. The normalized spacial score (nSPS) is 14.3. The first-order valence-electron chi connectivity index (χ1n) is 8.36. The summed E-state index contributed by atoms with van der Waals surface area (Å²) in [4.78, 5) is 35.0. The van der Waals surface area contributed by atoms with Crippen molar-refractivity contribution in [1.82, 2.24) is 19.8 Å². The lowest BCUT2D eigenvalue weighted by molar-refractivity contribution is -0.119. The van der Waals surface area contributed by atoms with Gasteiger partial charge in [-0.25, -0.2) is 9.97 Å². The van der Waals surface area contributed by atoms with Crippen molar-refractivity contribution in [3.05, 3.63) is 47.9 Å². The first kappa shape index (κ1) is 16.9. The van der Waals surface area contributed by atoms with Gasteiger partial charge in [0.2, 0.25) is 6.41 Å². The Kier molecular flexibility index (Phi) is 5.23. The third kappa shape index (κ3) is 4.12. The average molecular weight is 339 g/mol. The standard InChI is InChI=1S/C18H21N5O2/c1-2-14-3-5-15(6-4-14)21-17-12-19-16(11-20-17)18(25)23-9-7-22(13-24)8-10-23/h3-6,11-13H,2,7-10H2,1H3,(H,20,21). The molecular formula is C18H21N5O2. The molecule has 25 heavy (non-hydrogen) atoms. The third-order valence-electron chi connectivity index (χ3n) is 4.26. The number of aryl methyl sites for hydroxylation is 1. The predicted octanol–water partition coefficient (Wildman–Crippen LogP) is 1.70. The molecule has 3 rings (SSSR count). The summed E-state index contributed by atoms with van der Waals surface area (Å²) in [7, 11) is 0. The number of rotatable bonds is 5. The van der Waals surface area contributed by atoms with E-state index in [1.807, 2.05) is 12.1 Å². The van der Waals surface area contributed by atoms with Gasteiger partial charge in [0.1, 0.15) is 11.5 Å². The van der Waals surface area contributed by atoms with Crippen LogP contribution in [0.25, 0.3) is 0 Å². The summed E-state index contributed by atoms with van der Waals surface area (Å²) in [6.07, 6.45) is 4.85. The van der Waals surface area contributed by atoms with Gasteiger partial charge in [-0.15, -0.1) is 0 Å². The van der Waals surface area contributed by atoms with Crippen molar-refractivity contribution in [3.63, 3.8) is 0 Å². The fourth-order valence-corrected chi connectivity index (χ4v) is 2.67. The Balaban J connectivity index is 1.61. The largest absolute Gasteiger partial charge is 0.342 e. The lowest BCUT2D eigenvalue weighted by atomic mass is 10.1. The highest BCUT2D eigenvalue weighted by Crippen LogP contribution is 2.15. The van der Waals surface area contributed by atoms with Gasteiger partial charge in [-0.3, -0.25) is 9.59 Å². The van der Waals surface area contributed by atoms with Gasteiger partial charge in [0, 0.05) is 31.9 Å². The van der Waals surface area contributed by atoms with Gasteiger partial charge < -0.3 is 15.1 Å². The molecule has 7 nitrogen and oxygen atoms in total. The quantitative estimate of drug-likeness (QED) is 0.839. The zero-order chi connectivity index (χ0) is 17.6. The van der Waals surface area contributed by atoms with E-state index < -0.39 is 0 Å². The molecule has 2 aromatic rings. The molecule has 0 saturated carbocycles. The number of piperazine rings is 1. The zero-order valence-corrected chi connectivity index (χ0v) is 14.2. The number of hydrogen-bond acceptors (Lipinski definition) is 5. The first-order chi connectivity index (χ1) is 12.2. The van der Waals surface area contributed by atoms with Gasteiger partial charge in [-0.2, -0.15) is 0 Å². The molecule has 130 valence electrons. The second-order valence-corrected chi connectivity index (χ2v) is 5.90. The monoisotopic (exact) mass is 339 g/mol. The van der Waals surface area contributed by atoms with Crippen molar-refractivity contribution in [2.75, 3.05) is 31.5 Å². The highest BCUT2D eigenvalue weighted by atomic mass is 16.2. The van der Waals surface area contributed by atoms with E-state index in [1.54, 1.807) is 16.0 Å². The predicted molar refractivity (Wildman–Crippen MR) is 94.7 cm³/mol. The van der Waals surface area contributed by atoms with Crippen LogP contribution >= 0.6 is 0 Å². The molecule has 1 aliphatic heterocycles. The molecule has 1 aromatic carbocycles. The second-order valence-electron chi connectivity index (χ2n) is 5.90. The average Bonchev–Trinajstić information content (AvgIpc) is 2.69. The molecule has 2 amide bonds. The van der Waals surface area contributed by atoms with E-state index in [9.17, 15) is 9.59 Å². The van der Waals surface area contributed by atoms with Crippen molar-refractivity contribution >= 4 is 23.8 Å². The molecule has 1 saturated heterocycles. The van der Waals surface area contributed by atoms with Crippen LogP contribution in [0.2, 0.25) is 0 Å². The maximum absolute atomic E-state index is 12.4. The van der Waals surface area contributed by atoms with Gasteiger partial charge in [-0.05, 0) is 24.1 Å². The smallest absolute Gasteiger partial charge is 0.274 e. The Morgan fingerprint density at radius 2 is 1.84 bits per heavy atom. The lowest BCUT2D eigenvalue weighted by Crippen LogP contribution is -2.48. The number of carbonyl (C=O) groups is 2. The molecule has 1 aliphatic rings. The van der Waals surface area contributed by atoms with Gasteiger partial charge in [0.05, 0.1) is 12.4 Å². The molecule has 1 N–H and O–H groups in total. The van der Waals surface area contributed by atoms with Crippen molar-refractivity contribution in [1.29, 1.82) is 0 Å². The topological polar surface area (TPSA) is 78.4 Å². The summed E-state index contributed by atoms with van der Waals surface area (Å²) in [6.45, 7) is 4.25. The molecule has 1 aromatic heterocycles. The van der Waals surface area contributed by atoms with Gasteiger partial charge in [0.15, 0.2) is 0 Å². The van der Waals surface area contributed by atoms with Crippen LogP contribution in [0.1, 0.15) is 23.0 Å². The van der Waals surface area contributed by atoms with Crippen LogP contribution in [-0.2, 0) is 11.2 Å². The third-order valence-corrected chi connectivity index (χ3v) is 4.26. The summed E-state index contributed by atoms with van der Waals surface area (Å²) in [5.41, 5.74) is 2.51. The number of nitrogens with zero attached hydrogens (tertiary/aromatic N) is 4. The van der Waals surface area contributed by atoms with E-state index in [4.69, 9.17) is 0 Å². The number of benzene rings is 1. The molecule has 0 aliphatic carbocycles. The fourth-order valence-electron chi connectivity index (χ4n) is 2.67. The second kappa shape index (κ2) is 7.74. The van der Waals surface area contributed by atoms with Crippen molar-refractivity contribution in [2.45, 2.75) is 13.3 Å². The van der Waals surface area contributed by atoms with Crippen molar-refractivity contribution < 1.29 is 9.59 Å². The molecular weight excluding hydrogens is 318 g/mol. The first-order valence-corrected chi connectivity index (χ1v) is 8.36. The van der Waals surface area contributed by atoms with Crippen LogP contribution in [0.15, 0.2) is 36.7 Å². The Labute approximate surface area is 146 Å². The number of carbonyl (C=O) groups excluding carboxylic acids is 2. The summed E-state index contributed by atoms with van der Waals surface area (Å²) >= 11 is 0. The van der Waals surface area contributed by atoms with E-state index in [1.165, 1.54) is 11.8 Å². The molecule has 1 fully saturated rings. The summed E-state index contributed by atoms with van der Waals surface area (Å²) < 4.78 is 0. The zero-order valence-electron chi connectivity index (χ0n) is 14.2. The van der Waals surface area contributed by atoms with E-state index in [-0.39, 0.29) is 5.91 Å².